The third-order valence-corrected chi connectivity index (χ3v) is 6.85. The summed E-state index contributed by atoms with van der Waals surface area (Å²) in [6.45, 7) is 0.350. The van der Waals surface area contributed by atoms with E-state index in [1.807, 2.05) is 6.07 Å². The van der Waals surface area contributed by atoms with E-state index in [4.69, 9.17) is 11.6 Å². The van der Waals surface area contributed by atoms with Crippen molar-refractivity contribution in [3.8, 4) is 0 Å². The number of carbonyl (C=O) groups excluding carboxylic acids is 1. The highest BCUT2D eigenvalue weighted by atomic mass is 35.5. The van der Waals surface area contributed by atoms with Crippen molar-refractivity contribution < 1.29 is 22.4 Å². The number of nitrogens with zero attached hydrogens (tertiary/aromatic N) is 2. The van der Waals surface area contributed by atoms with Gasteiger partial charge in [-0.1, -0.05) is 17.7 Å². The Morgan fingerprint density at radius 3 is 2.55 bits per heavy atom. The summed E-state index contributed by atoms with van der Waals surface area (Å²) in [6, 6.07) is 4.90. The largest absolute Gasteiger partial charge is 0.352 e. The van der Waals surface area contributed by atoms with Crippen LogP contribution in [0.1, 0.15) is 42.5 Å². The summed E-state index contributed by atoms with van der Waals surface area (Å²) in [7, 11) is 1.67. The summed E-state index contributed by atoms with van der Waals surface area (Å²) in [5.74, 6) is -5.65. The van der Waals surface area contributed by atoms with Gasteiger partial charge in [0.1, 0.15) is 0 Å². The van der Waals surface area contributed by atoms with Crippen LogP contribution in [0.5, 0.6) is 0 Å². The lowest BCUT2D eigenvalue weighted by molar-refractivity contribution is -0.0452. The molecule has 0 radical (unpaired) electrons. The molecule has 2 heterocycles. The first kappa shape index (κ1) is 22.4. The Balaban J connectivity index is 1.52. The molecule has 0 unspecified atom stereocenters. The number of likely N-dealkylation sites (N-methyl/N-ethyl adjacent to an activating group) is 1. The van der Waals surface area contributed by atoms with E-state index in [1.165, 1.54) is 0 Å². The van der Waals surface area contributed by atoms with Gasteiger partial charge in [-0.15, -0.1) is 0 Å². The summed E-state index contributed by atoms with van der Waals surface area (Å²) in [6.07, 6.45) is 1.86. The van der Waals surface area contributed by atoms with E-state index in [2.05, 4.69) is 5.32 Å². The number of alkyl halides is 4. The van der Waals surface area contributed by atoms with Crippen molar-refractivity contribution in [2.24, 2.45) is 5.92 Å². The first-order chi connectivity index (χ1) is 14.5. The lowest BCUT2D eigenvalue weighted by atomic mass is 9.87. The average Bonchev–Trinajstić information content (AvgIpc) is 3.18. The van der Waals surface area contributed by atoms with Crippen LogP contribution >= 0.6 is 11.6 Å². The number of nitrogens with one attached hydrogen (secondary N) is 1. The maximum Gasteiger partial charge on any atom is 0.262 e. The monoisotopic (exact) mass is 459 g/mol. The van der Waals surface area contributed by atoms with Crippen LogP contribution in [-0.2, 0) is 6.54 Å². The highest BCUT2D eigenvalue weighted by Gasteiger charge is 2.43. The van der Waals surface area contributed by atoms with Gasteiger partial charge >= 0.3 is 0 Å². The second kappa shape index (κ2) is 8.28. The molecule has 0 bridgehead atoms. The predicted molar refractivity (Wildman–Crippen MR) is 112 cm³/mol. The topological polar surface area (TPSA) is 37.3 Å². The van der Waals surface area contributed by atoms with Gasteiger partial charge in [0.05, 0.1) is 22.6 Å². The molecule has 1 aromatic heterocycles. The number of fused-ring (bicyclic) bond motifs is 1. The van der Waals surface area contributed by atoms with Crippen molar-refractivity contribution in [3.63, 3.8) is 0 Å². The molecule has 1 atom stereocenters. The summed E-state index contributed by atoms with van der Waals surface area (Å²) >= 11 is 6.38. The molecule has 1 saturated heterocycles. The minimum Gasteiger partial charge on any atom is -0.352 e. The molecule has 4 nitrogen and oxygen atoms in total. The van der Waals surface area contributed by atoms with Gasteiger partial charge in [0.15, 0.2) is 0 Å². The van der Waals surface area contributed by atoms with Crippen molar-refractivity contribution >= 4 is 28.4 Å². The Morgan fingerprint density at radius 2 is 1.90 bits per heavy atom. The lowest BCUT2D eigenvalue weighted by Gasteiger charge is -2.28. The second-order valence-electron chi connectivity index (χ2n) is 8.97. The first-order valence-electron chi connectivity index (χ1n) is 10.6. The van der Waals surface area contributed by atoms with E-state index in [0.29, 0.717) is 47.4 Å². The Bertz CT molecular complexity index is 967. The maximum absolute atomic E-state index is 13.8. The molecule has 1 amide bonds. The van der Waals surface area contributed by atoms with Crippen molar-refractivity contribution in [3.05, 3.63) is 35.0 Å². The fraction of sp³-hybridized carbons (Fsp3) is 0.591. The van der Waals surface area contributed by atoms with Crippen LogP contribution in [0, 0.1) is 5.92 Å². The number of rotatable bonds is 5. The van der Waals surface area contributed by atoms with Gasteiger partial charge in [0.2, 0.25) is 5.92 Å². The summed E-state index contributed by atoms with van der Waals surface area (Å²) in [5, 5.41) is 3.84. The molecule has 2 aliphatic rings. The molecule has 1 aromatic carbocycles. The molecule has 1 N–H and O–H groups in total. The SMILES string of the molecule is CN1CC(F)(F)C[C@H]1Cn1cc(C(=O)NCC2CCC(F)(F)CC2)c2c(Cl)cccc21. The van der Waals surface area contributed by atoms with Crippen LogP contribution in [0.3, 0.4) is 0 Å². The molecule has 170 valence electrons. The maximum atomic E-state index is 13.8. The predicted octanol–water partition coefficient (Wildman–Crippen LogP) is 5.19. The third-order valence-electron chi connectivity index (χ3n) is 6.53. The van der Waals surface area contributed by atoms with Crippen molar-refractivity contribution in [1.29, 1.82) is 0 Å². The Labute approximate surface area is 183 Å². The highest BCUT2D eigenvalue weighted by molar-refractivity contribution is 6.36. The second-order valence-corrected chi connectivity index (χ2v) is 9.37. The number of benzene rings is 1. The summed E-state index contributed by atoms with van der Waals surface area (Å²) in [4.78, 5) is 14.6. The van der Waals surface area contributed by atoms with Crippen LogP contribution in [0.2, 0.25) is 5.02 Å². The van der Waals surface area contributed by atoms with Crippen molar-refractivity contribution in [1.82, 2.24) is 14.8 Å². The first-order valence-corrected chi connectivity index (χ1v) is 10.9. The van der Waals surface area contributed by atoms with E-state index < -0.39 is 11.8 Å². The lowest BCUT2D eigenvalue weighted by Crippen LogP contribution is -2.33. The molecular formula is C22H26ClF4N3O. The van der Waals surface area contributed by atoms with Crippen LogP contribution in [0.15, 0.2) is 24.4 Å². The molecule has 4 rings (SSSR count). The van der Waals surface area contributed by atoms with E-state index in [0.717, 1.165) is 0 Å². The summed E-state index contributed by atoms with van der Waals surface area (Å²) in [5.41, 5.74) is 1.08. The molecule has 31 heavy (non-hydrogen) atoms. The number of aromatic nitrogens is 1. The van der Waals surface area contributed by atoms with Crippen LogP contribution in [0.25, 0.3) is 10.9 Å². The Morgan fingerprint density at radius 1 is 1.19 bits per heavy atom. The molecule has 2 fully saturated rings. The Hall–Kier alpha value is -1.80. The van der Waals surface area contributed by atoms with Gasteiger partial charge in [-0.2, -0.15) is 0 Å². The van der Waals surface area contributed by atoms with E-state index in [1.54, 1.807) is 34.8 Å². The zero-order chi connectivity index (χ0) is 22.4. The van der Waals surface area contributed by atoms with Crippen LogP contribution in [-0.4, -0.2) is 53.4 Å². The zero-order valence-corrected chi connectivity index (χ0v) is 18.1. The molecule has 1 saturated carbocycles. The molecule has 2 aromatic rings. The number of hydrogen-bond donors (Lipinski definition) is 1. The van der Waals surface area contributed by atoms with Crippen LogP contribution in [0.4, 0.5) is 17.6 Å². The van der Waals surface area contributed by atoms with Crippen molar-refractivity contribution in [2.75, 3.05) is 20.1 Å². The number of halogens is 5. The Kier molecular flexibility index (Phi) is 5.98. The van der Waals surface area contributed by atoms with E-state index >= 15 is 0 Å². The average molecular weight is 460 g/mol. The van der Waals surface area contributed by atoms with E-state index in [-0.39, 0.29) is 43.7 Å². The third kappa shape index (κ3) is 4.85. The number of amides is 1. The van der Waals surface area contributed by atoms with Crippen molar-refractivity contribution in [2.45, 2.75) is 56.5 Å². The smallest absolute Gasteiger partial charge is 0.262 e. The normalized spacial score (nSPS) is 24.0. The van der Waals surface area contributed by atoms with Gasteiger partial charge in [-0.3, -0.25) is 9.69 Å². The van der Waals surface area contributed by atoms with Gasteiger partial charge in [-0.25, -0.2) is 17.6 Å². The minimum absolute atomic E-state index is 0.0155. The fourth-order valence-electron chi connectivity index (χ4n) is 4.76. The van der Waals surface area contributed by atoms with Gasteiger partial charge in [-0.05, 0) is 37.9 Å². The van der Waals surface area contributed by atoms with Crippen LogP contribution < -0.4 is 5.32 Å². The standard InChI is InChI=1S/C22H26ClF4N3O/c1-29-13-22(26,27)9-15(29)11-30-12-16(19-17(23)3-2-4-18(19)30)20(31)28-10-14-5-7-21(24,25)8-6-14/h2-4,12,14-15H,5-11,13H2,1H3,(H,28,31)/t15-/m0/s1. The molecule has 9 heteroatoms. The molecular weight excluding hydrogens is 434 g/mol. The molecule has 1 aliphatic heterocycles. The van der Waals surface area contributed by atoms with E-state index in [9.17, 15) is 22.4 Å². The fourth-order valence-corrected chi connectivity index (χ4v) is 5.03. The number of hydrogen-bond acceptors (Lipinski definition) is 2. The molecule has 1 aliphatic carbocycles. The number of likely N-dealkylation sites (tertiary alicyclic amines) is 1. The number of carbonyl (C=O) groups is 1. The van der Waals surface area contributed by atoms with Gasteiger partial charge in [0, 0.05) is 50.0 Å². The zero-order valence-electron chi connectivity index (χ0n) is 17.3. The quantitative estimate of drug-likeness (QED) is 0.625. The highest BCUT2D eigenvalue weighted by Crippen LogP contribution is 2.36. The minimum atomic E-state index is -2.73. The molecule has 0 spiro atoms. The summed E-state index contributed by atoms with van der Waals surface area (Å²) < 4.78 is 56.1. The van der Waals surface area contributed by atoms with Gasteiger partial charge in [0.25, 0.3) is 11.8 Å². The van der Waals surface area contributed by atoms with Gasteiger partial charge < -0.3 is 9.88 Å².